The van der Waals surface area contributed by atoms with Crippen molar-refractivity contribution in [2.75, 3.05) is 12.3 Å². The molecule has 0 fully saturated rings. The smallest absolute Gasteiger partial charge is 0.154 e. The lowest BCUT2D eigenvalue weighted by Gasteiger charge is -1.87. The standard InChI is InChI=1S/C3H9N3O2S/c4-6-3-5-1-2-9(7)8/h3H,1-2,4H2,(H,5,6)(H,7,8). The van der Waals surface area contributed by atoms with E-state index in [0.717, 1.165) is 0 Å². The Kier molecular flexibility index (Phi) is 5.38. The van der Waals surface area contributed by atoms with Crippen molar-refractivity contribution in [3.63, 3.8) is 0 Å². The molecule has 0 heterocycles. The van der Waals surface area contributed by atoms with Crippen molar-refractivity contribution in [3.05, 3.63) is 0 Å². The molecule has 54 valence electrons. The lowest BCUT2D eigenvalue weighted by atomic mass is 10.8. The number of nitrogens with one attached hydrogen (secondary N) is 1. The molecular formula is C3H9N3O2S. The van der Waals surface area contributed by atoms with Gasteiger partial charge in [-0.05, 0) is 0 Å². The maximum absolute atomic E-state index is 9.95. The van der Waals surface area contributed by atoms with Gasteiger partial charge >= 0.3 is 0 Å². The highest BCUT2D eigenvalue weighted by atomic mass is 32.2. The van der Waals surface area contributed by atoms with Gasteiger partial charge < -0.3 is 9.98 Å². The Bertz CT molecular complexity index is 116. The zero-order valence-electron chi connectivity index (χ0n) is 4.78. The van der Waals surface area contributed by atoms with Gasteiger partial charge in [-0.1, -0.05) is 0 Å². The molecule has 1 atom stereocenters. The molecule has 0 spiro atoms. The van der Waals surface area contributed by atoms with Crippen LogP contribution in [0.25, 0.3) is 0 Å². The van der Waals surface area contributed by atoms with Crippen LogP contribution >= 0.6 is 0 Å². The van der Waals surface area contributed by atoms with E-state index in [9.17, 15) is 4.21 Å². The molecule has 0 radical (unpaired) electrons. The summed E-state index contributed by atoms with van der Waals surface area (Å²) in [6, 6.07) is 0. The number of rotatable bonds is 4. The summed E-state index contributed by atoms with van der Waals surface area (Å²) in [7, 11) is 0. The van der Waals surface area contributed by atoms with Crippen LogP contribution in [-0.4, -0.2) is 27.4 Å². The number of nitrogens with zero attached hydrogens (tertiary/aromatic N) is 1. The van der Waals surface area contributed by atoms with Crippen LogP contribution in [0.15, 0.2) is 4.99 Å². The monoisotopic (exact) mass is 151 g/mol. The SMILES string of the molecule is NNC=NCCS(=O)O. The second kappa shape index (κ2) is 5.67. The number of hydrogen-bond donors (Lipinski definition) is 3. The van der Waals surface area contributed by atoms with E-state index in [1.54, 1.807) is 0 Å². The topological polar surface area (TPSA) is 87.7 Å². The van der Waals surface area contributed by atoms with Crippen molar-refractivity contribution in [1.82, 2.24) is 5.43 Å². The van der Waals surface area contributed by atoms with Gasteiger partial charge in [0.15, 0.2) is 11.1 Å². The van der Waals surface area contributed by atoms with E-state index in [1.165, 1.54) is 6.34 Å². The van der Waals surface area contributed by atoms with E-state index in [-0.39, 0.29) is 5.75 Å². The molecule has 0 bridgehead atoms. The van der Waals surface area contributed by atoms with E-state index in [2.05, 4.69) is 10.4 Å². The first-order valence-electron chi connectivity index (χ1n) is 2.29. The summed E-state index contributed by atoms with van der Waals surface area (Å²) >= 11 is -1.75. The molecule has 0 aromatic heterocycles. The first kappa shape index (κ1) is 8.54. The molecule has 4 N–H and O–H groups in total. The van der Waals surface area contributed by atoms with E-state index in [4.69, 9.17) is 10.4 Å². The van der Waals surface area contributed by atoms with Gasteiger partial charge in [-0.3, -0.25) is 4.99 Å². The molecular weight excluding hydrogens is 142 g/mol. The Labute approximate surface area is 55.6 Å². The zero-order chi connectivity index (χ0) is 7.11. The zero-order valence-corrected chi connectivity index (χ0v) is 5.60. The van der Waals surface area contributed by atoms with Crippen LogP contribution in [0, 0.1) is 0 Å². The van der Waals surface area contributed by atoms with Crippen LogP contribution in [0.1, 0.15) is 0 Å². The average molecular weight is 151 g/mol. The quantitative estimate of drug-likeness (QED) is 0.153. The van der Waals surface area contributed by atoms with Crippen molar-refractivity contribution in [2.24, 2.45) is 10.8 Å². The molecule has 0 amide bonds. The molecule has 0 aromatic rings. The lowest BCUT2D eigenvalue weighted by molar-refractivity contribution is 0.564. The largest absolute Gasteiger partial charge is 0.315 e. The molecule has 0 aliphatic rings. The fourth-order valence-corrected chi connectivity index (χ4v) is 0.510. The number of aliphatic imine (C=N–C) groups is 1. The molecule has 1 unspecified atom stereocenters. The van der Waals surface area contributed by atoms with Crippen molar-refractivity contribution < 1.29 is 8.76 Å². The van der Waals surface area contributed by atoms with E-state index in [1.807, 2.05) is 0 Å². The Morgan fingerprint density at radius 3 is 3.00 bits per heavy atom. The van der Waals surface area contributed by atoms with Crippen molar-refractivity contribution in [3.8, 4) is 0 Å². The van der Waals surface area contributed by atoms with Crippen LogP contribution < -0.4 is 11.3 Å². The summed E-state index contributed by atoms with van der Waals surface area (Å²) in [5.41, 5.74) is 2.17. The molecule has 0 aromatic carbocycles. The first-order valence-corrected chi connectivity index (χ1v) is 3.57. The number of nitrogens with two attached hydrogens (primary N) is 1. The highest BCUT2D eigenvalue weighted by Crippen LogP contribution is 1.73. The van der Waals surface area contributed by atoms with Gasteiger partial charge in [0.05, 0.1) is 18.6 Å². The van der Waals surface area contributed by atoms with E-state index >= 15 is 0 Å². The van der Waals surface area contributed by atoms with E-state index in [0.29, 0.717) is 6.54 Å². The molecule has 0 saturated heterocycles. The second-order valence-corrected chi connectivity index (χ2v) is 2.28. The predicted molar refractivity (Wildman–Crippen MR) is 36.3 cm³/mol. The Hall–Kier alpha value is -0.460. The highest BCUT2D eigenvalue weighted by Gasteiger charge is 1.87. The summed E-state index contributed by atoms with van der Waals surface area (Å²) in [4.78, 5) is 3.62. The van der Waals surface area contributed by atoms with Gasteiger partial charge in [0.1, 0.15) is 0 Å². The molecule has 5 nitrogen and oxygen atoms in total. The fraction of sp³-hybridized carbons (Fsp3) is 0.667. The molecule has 0 aliphatic carbocycles. The normalized spacial score (nSPS) is 14.0. The molecule has 0 rings (SSSR count). The average Bonchev–Trinajstić information content (AvgIpc) is 1.80. The predicted octanol–water partition coefficient (Wildman–Crippen LogP) is -1.30. The minimum atomic E-state index is -1.75. The Balaban J connectivity index is 3.09. The van der Waals surface area contributed by atoms with Crippen LogP contribution in [0.3, 0.4) is 0 Å². The van der Waals surface area contributed by atoms with Gasteiger partial charge in [-0.2, -0.15) is 0 Å². The first-order chi connectivity index (χ1) is 4.27. The summed E-state index contributed by atoms with van der Waals surface area (Å²) in [6.07, 6.45) is 1.27. The lowest BCUT2D eigenvalue weighted by Crippen LogP contribution is -2.19. The Morgan fingerprint density at radius 2 is 2.56 bits per heavy atom. The van der Waals surface area contributed by atoms with Gasteiger partial charge in [-0.25, -0.2) is 10.1 Å². The summed E-state index contributed by atoms with van der Waals surface area (Å²) in [6.45, 7) is 0.313. The van der Waals surface area contributed by atoms with Crippen LogP contribution in [0.5, 0.6) is 0 Å². The fourth-order valence-electron chi connectivity index (χ4n) is 0.248. The van der Waals surface area contributed by atoms with Gasteiger partial charge in [0.25, 0.3) is 0 Å². The minimum Gasteiger partial charge on any atom is -0.315 e. The third-order valence-electron chi connectivity index (χ3n) is 0.561. The summed E-state index contributed by atoms with van der Waals surface area (Å²) in [5.74, 6) is 4.96. The minimum absolute atomic E-state index is 0.151. The highest BCUT2D eigenvalue weighted by molar-refractivity contribution is 7.79. The van der Waals surface area contributed by atoms with E-state index < -0.39 is 11.1 Å². The van der Waals surface area contributed by atoms with Gasteiger partial charge in [0, 0.05) is 0 Å². The van der Waals surface area contributed by atoms with Crippen LogP contribution in [0.2, 0.25) is 0 Å². The number of hydrazine groups is 1. The van der Waals surface area contributed by atoms with Crippen molar-refractivity contribution in [1.29, 1.82) is 0 Å². The third-order valence-corrected chi connectivity index (χ3v) is 1.09. The van der Waals surface area contributed by atoms with Crippen molar-refractivity contribution in [2.45, 2.75) is 0 Å². The maximum Gasteiger partial charge on any atom is 0.154 e. The van der Waals surface area contributed by atoms with Crippen LogP contribution in [-0.2, 0) is 11.1 Å². The number of hydrogen-bond acceptors (Lipinski definition) is 3. The molecule has 6 heteroatoms. The second-order valence-electron chi connectivity index (χ2n) is 1.23. The molecule has 0 aliphatic heterocycles. The third kappa shape index (κ3) is 7.54. The van der Waals surface area contributed by atoms with Crippen molar-refractivity contribution >= 4 is 17.4 Å². The molecule has 0 saturated carbocycles. The molecule has 9 heavy (non-hydrogen) atoms. The maximum atomic E-state index is 9.95. The van der Waals surface area contributed by atoms with Crippen LogP contribution in [0.4, 0.5) is 0 Å². The van der Waals surface area contributed by atoms with Gasteiger partial charge in [-0.15, -0.1) is 0 Å². The van der Waals surface area contributed by atoms with Gasteiger partial charge in [0.2, 0.25) is 0 Å². The Morgan fingerprint density at radius 1 is 1.89 bits per heavy atom. The summed E-state index contributed by atoms with van der Waals surface area (Å²) in [5, 5.41) is 0. The summed E-state index contributed by atoms with van der Waals surface area (Å²) < 4.78 is 18.1.